The molecule has 0 heterocycles. The zero-order valence-corrected chi connectivity index (χ0v) is 8.68. The summed E-state index contributed by atoms with van der Waals surface area (Å²) in [6.07, 6.45) is 0. The Kier molecular flexibility index (Phi) is 4.04. The van der Waals surface area contributed by atoms with E-state index in [1.54, 1.807) is 6.07 Å². The molecule has 78 valence electrons. The van der Waals surface area contributed by atoms with Crippen LogP contribution in [0.15, 0.2) is 18.2 Å². The fourth-order valence-electron chi connectivity index (χ4n) is 1.18. The Labute approximate surface area is 84.3 Å². The van der Waals surface area contributed by atoms with Gasteiger partial charge in [-0.2, -0.15) is 0 Å². The number of halogens is 1. The van der Waals surface area contributed by atoms with Gasteiger partial charge in [-0.05, 0) is 11.6 Å². The van der Waals surface area contributed by atoms with Gasteiger partial charge in [-0.15, -0.1) is 0 Å². The molecular weight excluding hydrogens is 179 g/mol. The van der Waals surface area contributed by atoms with Crippen molar-refractivity contribution in [3.63, 3.8) is 0 Å². The van der Waals surface area contributed by atoms with E-state index >= 15 is 0 Å². The summed E-state index contributed by atoms with van der Waals surface area (Å²) in [6, 6.07) is 5.51. The third-order valence-electron chi connectivity index (χ3n) is 2.05. The first kappa shape index (κ1) is 11.1. The topological polar surface area (TPSA) is 38.0 Å². The Hall–Kier alpha value is -0.930. The normalized spacial score (nSPS) is 10.9. The Bertz CT molecular complexity index is 297. The number of hydrogen-bond acceptors (Lipinski definition) is 2. The minimum absolute atomic E-state index is 0.180. The third kappa shape index (κ3) is 3.09. The van der Waals surface area contributed by atoms with Crippen molar-refractivity contribution < 1.29 is 4.39 Å². The van der Waals surface area contributed by atoms with Gasteiger partial charge in [0, 0.05) is 24.7 Å². The minimum atomic E-state index is -0.180. The largest absolute Gasteiger partial charge is 0.326 e. The van der Waals surface area contributed by atoms with Crippen LogP contribution in [0.1, 0.15) is 25.0 Å². The number of nitrogens with one attached hydrogen (secondary N) is 1. The predicted molar refractivity (Wildman–Crippen MR) is 56.3 cm³/mol. The lowest BCUT2D eigenvalue weighted by Gasteiger charge is -2.09. The quantitative estimate of drug-likeness (QED) is 0.770. The molecule has 0 bridgehead atoms. The Morgan fingerprint density at radius 3 is 2.64 bits per heavy atom. The van der Waals surface area contributed by atoms with Crippen molar-refractivity contribution in [1.29, 1.82) is 0 Å². The van der Waals surface area contributed by atoms with Crippen LogP contribution >= 0.6 is 0 Å². The van der Waals surface area contributed by atoms with E-state index in [0.717, 1.165) is 5.56 Å². The van der Waals surface area contributed by atoms with Crippen molar-refractivity contribution >= 4 is 0 Å². The van der Waals surface area contributed by atoms with Gasteiger partial charge in [0.05, 0.1) is 0 Å². The molecule has 2 nitrogen and oxygen atoms in total. The van der Waals surface area contributed by atoms with Gasteiger partial charge in [0.1, 0.15) is 5.82 Å². The van der Waals surface area contributed by atoms with Gasteiger partial charge in [0.15, 0.2) is 0 Å². The minimum Gasteiger partial charge on any atom is -0.326 e. The predicted octanol–water partition coefficient (Wildman–Crippen LogP) is 1.78. The molecule has 0 amide bonds. The summed E-state index contributed by atoms with van der Waals surface area (Å²) in [6.45, 7) is 5.02. The highest BCUT2D eigenvalue weighted by Gasteiger charge is 2.03. The summed E-state index contributed by atoms with van der Waals surface area (Å²) in [5.74, 6) is -0.180. The molecule has 0 unspecified atom stereocenters. The Balaban J connectivity index is 2.69. The maximum absolute atomic E-state index is 13.4. The number of nitrogens with two attached hydrogens (primary N) is 1. The summed E-state index contributed by atoms with van der Waals surface area (Å²) >= 11 is 0. The average Bonchev–Trinajstić information content (AvgIpc) is 2.15. The van der Waals surface area contributed by atoms with E-state index in [1.807, 2.05) is 19.9 Å². The molecule has 0 saturated heterocycles. The van der Waals surface area contributed by atoms with E-state index in [1.165, 1.54) is 6.07 Å². The Morgan fingerprint density at radius 1 is 1.43 bits per heavy atom. The smallest absolute Gasteiger partial charge is 0.128 e. The molecule has 0 atom stereocenters. The lowest BCUT2D eigenvalue weighted by atomic mass is 10.1. The lowest BCUT2D eigenvalue weighted by Crippen LogP contribution is -2.22. The first-order valence-corrected chi connectivity index (χ1v) is 4.84. The number of rotatable bonds is 4. The summed E-state index contributed by atoms with van der Waals surface area (Å²) in [5.41, 5.74) is 6.93. The highest BCUT2D eigenvalue weighted by Crippen LogP contribution is 2.10. The monoisotopic (exact) mass is 196 g/mol. The zero-order valence-electron chi connectivity index (χ0n) is 8.68. The molecule has 0 fully saturated rings. The average molecular weight is 196 g/mol. The van der Waals surface area contributed by atoms with E-state index in [9.17, 15) is 4.39 Å². The van der Waals surface area contributed by atoms with Crippen molar-refractivity contribution in [3.05, 3.63) is 35.1 Å². The second-order valence-electron chi connectivity index (χ2n) is 3.67. The molecule has 0 aliphatic rings. The van der Waals surface area contributed by atoms with Crippen molar-refractivity contribution in [2.75, 3.05) is 0 Å². The maximum Gasteiger partial charge on any atom is 0.128 e. The Morgan fingerprint density at radius 2 is 2.14 bits per heavy atom. The molecular formula is C11H17FN2. The van der Waals surface area contributed by atoms with Gasteiger partial charge in [-0.25, -0.2) is 4.39 Å². The number of benzene rings is 1. The maximum atomic E-state index is 13.4. The van der Waals surface area contributed by atoms with Gasteiger partial charge < -0.3 is 11.1 Å². The summed E-state index contributed by atoms with van der Waals surface area (Å²) in [5, 5.41) is 3.17. The second-order valence-corrected chi connectivity index (χ2v) is 3.67. The van der Waals surface area contributed by atoms with Crippen molar-refractivity contribution in [1.82, 2.24) is 5.32 Å². The van der Waals surface area contributed by atoms with Crippen molar-refractivity contribution in [2.24, 2.45) is 5.73 Å². The molecule has 1 rings (SSSR count). The van der Waals surface area contributed by atoms with Crippen LogP contribution in [-0.4, -0.2) is 6.04 Å². The molecule has 1 aromatic carbocycles. The van der Waals surface area contributed by atoms with Crippen LogP contribution in [0, 0.1) is 5.82 Å². The molecule has 0 spiro atoms. The van der Waals surface area contributed by atoms with Gasteiger partial charge in [0.25, 0.3) is 0 Å². The van der Waals surface area contributed by atoms with E-state index < -0.39 is 0 Å². The highest BCUT2D eigenvalue weighted by atomic mass is 19.1. The fraction of sp³-hybridized carbons (Fsp3) is 0.455. The van der Waals surface area contributed by atoms with Crippen LogP contribution in [0.4, 0.5) is 4.39 Å². The molecule has 3 heteroatoms. The fourth-order valence-corrected chi connectivity index (χ4v) is 1.18. The molecule has 0 aromatic heterocycles. The first-order chi connectivity index (χ1) is 6.63. The third-order valence-corrected chi connectivity index (χ3v) is 2.05. The van der Waals surface area contributed by atoms with Crippen LogP contribution in [0.25, 0.3) is 0 Å². The van der Waals surface area contributed by atoms with E-state index in [0.29, 0.717) is 24.7 Å². The molecule has 14 heavy (non-hydrogen) atoms. The first-order valence-electron chi connectivity index (χ1n) is 4.84. The zero-order chi connectivity index (χ0) is 10.6. The van der Waals surface area contributed by atoms with Crippen LogP contribution in [0.2, 0.25) is 0 Å². The summed E-state index contributed by atoms with van der Waals surface area (Å²) in [7, 11) is 0. The van der Waals surface area contributed by atoms with Gasteiger partial charge in [-0.3, -0.25) is 0 Å². The van der Waals surface area contributed by atoms with E-state index in [4.69, 9.17) is 5.73 Å². The summed E-state index contributed by atoms with van der Waals surface area (Å²) in [4.78, 5) is 0. The van der Waals surface area contributed by atoms with Crippen molar-refractivity contribution in [3.8, 4) is 0 Å². The molecule has 0 saturated carbocycles. The van der Waals surface area contributed by atoms with E-state index in [2.05, 4.69) is 5.32 Å². The van der Waals surface area contributed by atoms with Crippen LogP contribution < -0.4 is 11.1 Å². The van der Waals surface area contributed by atoms with Crippen LogP contribution in [0.5, 0.6) is 0 Å². The molecule has 0 radical (unpaired) electrons. The van der Waals surface area contributed by atoms with Crippen LogP contribution in [0.3, 0.4) is 0 Å². The molecule has 3 N–H and O–H groups in total. The van der Waals surface area contributed by atoms with E-state index in [-0.39, 0.29) is 5.82 Å². The van der Waals surface area contributed by atoms with Gasteiger partial charge in [-0.1, -0.05) is 26.0 Å². The van der Waals surface area contributed by atoms with Crippen molar-refractivity contribution in [2.45, 2.75) is 33.0 Å². The standard InChI is InChI=1S/C11H17FN2/c1-8(2)14-7-10-4-3-9(6-13)5-11(10)12/h3-5,8,14H,6-7,13H2,1-2H3. The van der Waals surface area contributed by atoms with Crippen LogP contribution in [-0.2, 0) is 13.1 Å². The molecule has 1 aromatic rings. The summed E-state index contributed by atoms with van der Waals surface area (Å²) < 4.78 is 13.4. The molecule has 0 aliphatic carbocycles. The second kappa shape index (κ2) is 5.08. The number of hydrogen-bond donors (Lipinski definition) is 2. The lowest BCUT2D eigenvalue weighted by molar-refractivity contribution is 0.552. The van der Waals surface area contributed by atoms with Gasteiger partial charge >= 0.3 is 0 Å². The highest BCUT2D eigenvalue weighted by molar-refractivity contribution is 5.24. The van der Waals surface area contributed by atoms with Gasteiger partial charge in [0.2, 0.25) is 0 Å². The molecule has 0 aliphatic heterocycles. The SMILES string of the molecule is CC(C)NCc1ccc(CN)cc1F.